The van der Waals surface area contributed by atoms with Crippen LogP contribution in [0.3, 0.4) is 0 Å². The average Bonchev–Trinajstić information content (AvgIpc) is 2.31. The molecule has 0 saturated carbocycles. The third-order valence-corrected chi connectivity index (χ3v) is 1.81. The molecule has 0 fully saturated rings. The maximum absolute atomic E-state index is 9.44. The summed E-state index contributed by atoms with van der Waals surface area (Å²) in [4.78, 5) is 18.2. The fraction of sp³-hybridized carbons (Fsp3) is 0.273. The van der Waals surface area contributed by atoms with Crippen molar-refractivity contribution in [1.82, 2.24) is 0 Å². The maximum Gasteiger partial charge on any atom is 0.414 e. The number of nitrogens with two attached hydrogens (primary N) is 1. The van der Waals surface area contributed by atoms with E-state index in [9.17, 15) is 5.11 Å². The normalized spacial score (nSPS) is 10.9. The molecule has 0 amide bonds. The Morgan fingerprint density at radius 3 is 1.94 bits per heavy atom. The van der Waals surface area contributed by atoms with Gasteiger partial charge in [0, 0.05) is 0 Å². The lowest BCUT2D eigenvalue weighted by Gasteiger charge is -2.07. The number of aliphatic carboxylic acids is 2. The lowest BCUT2D eigenvalue weighted by atomic mass is 10.1. The van der Waals surface area contributed by atoms with Crippen LogP contribution in [0.15, 0.2) is 30.3 Å². The Balaban J connectivity index is 0.000000366. The van der Waals surface area contributed by atoms with Gasteiger partial charge in [0.05, 0.1) is 6.10 Å². The van der Waals surface area contributed by atoms with E-state index < -0.39 is 18.0 Å². The van der Waals surface area contributed by atoms with Crippen molar-refractivity contribution in [3.63, 3.8) is 0 Å². The number of carboxylic acids is 2. The summed E-state index contributed by atoms with van der Waals surface area (Å²) in [5, 5.41) is 24.2. The molecule has 0 aliphatic heterocycles. The van der Waals surface area contributed by atoms with E-state index in [1.54, 1.807) is 0 Å². The van der Waals surface area contributed by atoms with Crippen LogP contribution in [0.2, 0.25) is 0 Å². The summed E-state index contributed by atoms with van der Waals surface area (Å²) in [7, 11) is 0. The molecule has 1 atom stereocenters. The number of hydrogen-bond acceptors (Lipinski definition) is 4. The number of aliphatic hydroxyl groups is 1. The minimum atomic E-state index is -1.82. The summed E-state index contributed by atoms with van der Waals surface area (Å²) < 4.78 is 0. The van der Waals surface area contributed by atoms with E-state index in [4.69, 9.17) is 25.5 Å². The van der Waals surface area contributed by atoms with Crippen LogP contribution in [0.5, 0.6) is 0 Å². The first kappa shape index (κ1) is 15.1. The topological polar surface area (TPSA) is 121 Å². The van der Waals surface area contributed by atoms with Crippen LogP contribution in [-0.2, 0) is 9.59 Å². The number of rotatable bonds is 3. The fourth-order valence-corrected chi connectivity index (χ4v) is 1.000. The number of carboxylic acid groups (broad SMARTS) is 2. The summed E-state index contributed by atoms with van der Waals surface area (Å²) in [6.45, 7) is 0.524. The average molecular weight is 241 g/mol. The van der Waals surface area contributed by atoms with Gasteiger partial charge in [0.1, 0.15) is 0 Å². The van der Waals surface area contributed by atoms with Crippen molar-refractivity contribution in [3.05, 3.63) is 35.9 Å². The Labute approximate surface area is 98.3 Å². The Kier molecular flexibility index (Phi) is 7.32. The highest BCUT2D eigenvalue weighted by atomic mass is 16.4. The van der Waals surface area contributed by atoms with Gasteiger partial charge in [-0.05, 0) is 18.5 Å². The Hall–Kier alpha value is -1.92. The van der Waals surface area contributed by atoms with Crippen LogP contribution in [0.25, 0.3) is 0 Å². The summed E-state index contributed by atoms with van der Waals surface area (Å²) in [5.74, 6) is -3.65. The van der Waals surface area contributed by atoms with Crippen LogP contribution in [0.4, 0.5) is 0 Å². The predicted octanol–water partition coefficient (Wildman–Crippen LogP) is 0.224. The molecule has 0 saturated heterocycles. The number of aliphatic hydroxyl groups excluding tert-OH is 1. The molecule has 0 radical (unpaired) electrons. The Morgan fingerprint density at radius 1 is 1.12 bits per heavy atom. The molecule has 6 heteroatoms. The van der Waals surface area contributed by atoms with Crippen LogP contribution in [-0.4, -0.2) is 33.8 Å². The summed E-state index contributed by atoms with van der Waals surface area (Å²) >= 11 is 0. The van der Waals surface area contributed by atoms with Crippen LogP contribution < -0.4 is 5.73 Å². The van der Waals surface area contributed by atoms with E-state index in [0.29, 0.717) is 13.0 Å². The molecule has 0 aliphatic rings. The zero-order chi connectivity index (χ0) is 13.3. The monoisotopic (exact) mass is 241 g/mol. The van der Waals surface area contributed by atoms with Gasteiger partial charge in [-0.2, -0.15) is 0 Å². The Morgan fingerprint density at radius 2 is 1.59 bits per heavy atom. The van der Waals surface area contributed by atoms with Crippen LogP contribution in [0, 0.1) is 0 Å². The molecule has 0 aromatic heterocycles. The van der Waals surface area contributed by atoms with Gasteiger partial charge in [-0.1, -0.05) is 30.3 Å². The van der Waals surface area contributed by atoms with Crippen molar-refractivity contribution in [2.45, 2.75) is 12.5 Å². The number of hydrogen-bond donors (Lipinski definition) is 4. The van der Waals surface area contributed by atoms with Crippen LogP contribution in [0.1, 0.15) is 18.1 Å². The molecule has 1 aromatic carbocycles. The third kappa shape index (κ3) is 7.04. The third-order valence-electron chi connectivity index (χ3n) is 1.81. The van der Waals surface area contributed by atoms with Gasteiger partial charge in [-0.15, -0.1) is 0 Å². The fourth-order valence-electron chi connectivity index (χ4n) is 1.000. The van der Waals surface area contributed by atoms with E-state index in [0.717, 1.165) is 5.56 Å². The Bertz CT molecular complexity index is 340. The zero-order valence-electron chi connectivity index (χ0n) is 9.11. The molecule has 1 rings (SSSR count). The second kappa shape index (κ2) is 8.26. The highest BCUT2D eigenvalue weighted by Crippen LogP contribution is 2.14. The van der Waals surface area contributed by atoms with E-state index in [2.05, 4.69) is 0 Å². The van der Waals surface area contributed by atoms with Crippen LogP contribution >= 0.6 is 0 Å². The van der Waals surface area contributed by atoms with Gasteiger partial charge in [-0.25, -0.2) is 9.59 Å². The highest BCUT2D eigenvalue weighted by Gasteiger charge is 2.04. The van der Waals surface area contributed by atoms with E-state index in [-0.39, 0.29) is 0 Å². The van der Waals surface area contributed by atoms with Crippen molar-refractivity contribution in [3.8, 4) is 0 Å². The van der Waals surface area contributed by atoms with E-state index in [1.807, 2.05) is 30.3 Å². The summed E-state index contributed by atoms with van der Waals surface area (Å²) in [5.41, 5.74) is 6.25. The first-order valence-electron chi connectivity index (χ1n) is 4.88. The molecule has 0 heterocycles. The summed E-state index contributed by atoms with van der Waals surface area (Å²) in [6, 6.07) is 9.56. The van der Waals surface area contributed by atoms with Crippen molar-refractivity contribution in [2.24, 2.45) is 5.73 Å². The molecule has 0 bridgehead atoms. The predicted molar refractivity (Wildman–Crippen MR) is 60.3 cm³/mol. The lowest BCUT2D eigenvalue weighted by molar-refractivity contribution is -0.159. The molecule has 6 nitrogen and oxygen atoms in total. The summed E-state index contributed by atoms with van der Waals surface area (Å²) in [6.07, 6.45) is 0.227. The minimum Gasteiger partial charge on any atom is -0.473 e. The second-order valence-electron chi connectivity index (χ2n) is 3.11. The van der Waals surface area contributed by atoms with Gasteiger partial charge < -0.3 is 21.1 Å². The largest absolute Gasteiger partial charge is 0.473 e. The number of carbonyl (C=O) groups is 2. The molecule has 1 unspecified atom stereocenters. The van der Waals surface area contributed by atoms with Gasteiger partial charge >= 0.3 is 11.9 Å². The van der Waals surface area contributed by atoms with Crippen molar-refractivity contribution in [1.29, 1.82) is 0 Å². The molecule has 17 heavy (non-hydrogen) atoms. The quantitative estimate of drug-likeness (QED) is 0.562. The van der Waals surface area contributed by atoms with Crippen molar-refractivity contribution in [2.75, 3.05) is 6.54 Å². The van der Waals surface area contributed by atoms with Gasteiger partial charge in [0.2, 0.25) is 0 Å². The van der Waals surface area contributed by atoms with Gasteiger partial charge in [-0.3, -0.25) is 0 Å². The smallest absolute Gasteiger partial charge is 0.414 e. The molecule has 0 aliphatic carbocycles. The maximum atomic E-state index is 9.44. The SMILES string of the molecule is NCCC(O)c1ccccc1.O=C(O)C(=O)O. The first-order chi connectivity index (χ1) is 7.99. The van der Waals surface area contributed by atoms with E-state index >= 15 is 0 Å². The molecule has 1 aromatic rings. The molecule has 5 N–H and O–H groups in total. The second-order valence-corrected chi connectivity index (χ2v) is 3.11. The first-order valence-corrected chi connectivity index (χ1v) is 4.88. The van der Waals surface area contributed by atoms with Crippen molar-refractivity contribution >= 4 is 11.9 Å². The molecule has 94 valence electrons. The lowest BCUT2D eigenvalue weighted by Crippen LogP contribution is -2.09. The highest BCUT2D eigenvalue weighted by molar-refractivity contribution is 6.27. The van der Waals surface area contributed by atoms with E-state index in [1.165, 1.54) is 0 Å². The van der Waals surface area contributed by atoms with Crippen molar-refractivity contribution < 1.29 is 24.9 Å². The minimum absolute atomic E-state index is 0.402. The number of benzene rings is 1. The molecular formula is C11H15NO5. The standard InChI is InChI=1S/C9H13NO.C2H2O4/c10-7-6-9(11)8-4-2-1-3-5-8;3-1(4)2(5)6/h1-5,9,11H,6-7,10H2;(H,3,4)(H,5,6). The van der Waals surface area contributed by atoms with Gasteiger partial charge in [0.25, 0.3) is 0 Å². The molecule has 0 spiro atoms. The zero-order valence-corrected chi connectivity index (χ0v) is 9.11. The molecular weight excluding hydrogens is 226 g/mol. The van der Waals surface area contributed by atoms with Gasteiger partial charge in [0.15, 0.2) is 0 Å².